The molecule has 2 aromatic rings. The molecule has 1 aromatic carbocycles. The molecule has 118 valence electrons. The second kappa shape index (κ2) is 8.17. The Morgan fingerprint density at radius 1 is 1.32 bits per heavy atom. The quantitative estimate of drug-likeness (QED) is 0.452. The first kappa shape index (κ1) is 16.8. The van der Waals surface area contributed by atoms with E-state index in [0.29, 0.717) is 12.6 Å². The Kier molecular flexibility index (Phi) is 6.23. The van der Waals surface area contributed by atoms with Crippen molar-refractivity contribution in [2.24, 2.45) is 4.99 Å². The minimum absolute atomic E-state index is 0. The fourth-order valence-electron chi connectivity index (χ4n) is 2.09. The van der Waals surface area contributed by atoms with Crippen molar-refractivity contribution in [2.45, 2.75) is 32.4 Å². The Bertz CT molecular complexity index is 588. The molecule has 1 aliphatic rings. The smallest absolute Gasteiger partial charge is 0.191 e. The van der Waals surface area contributed by atoms with Crippen molar-refractivity contribution in [2.75, 3.05) is 6.54 Å². The van der Waals surface area contributed by atoms with Gasteiger partial charge in [0, 0.05) is 25.0 Å². The van der Waals surface area contributed by atoms with Crippen LogP contribution in [0.1, 0.15) is 25.3 Å². The van der Waals surface area contributed by atoms with Gasteiger partial charge in [0.15, 0.2) is 5.96 Å². The van der Waals surface area contributed by atoms with Crippen LogP contribution in [-0.2, 0) is 6.54 Å². The number of rotatable bonds is 5. The fraction of sp³-hybridized carbons (Fsp3) is 0.375. The van der Waals surface area contributed by atoms with Gasteiger partial charge < -0.3 is 10.6 Å². The van der Waals surface area contributed by atoms with Crippen molar-refractivity contribution in [3.05, 3.63) is 48.3 Å². The highest BCUT2D eigenvalue weighted by Gasteiger charge is 2.21. The maximum absolute atomic E-state index is 4.63. The fourth-order valence-corrected chi connectivity index (χ4v) is 2.09. The first-order valence-corrected chi connectivity index (χ1v) is 7.49. The molecule has 1 saturated carbocycles. The molecule has 0 amide bonds. The summed E-state index contributed by atoms with van der Waals surface area (Å²) in [5.41, 5.74) is 2.26. The Morgan fingerprint density at radius 2 is 2.09 bits per heavy atom. The van der Waals surface area contributed by atoms with Crippen molar-refractivity contribution in [1.82, 2.24) is 20.4 Å². The second-order valence-corrected chi connectivity index (χ2v) is 5.23. The predicted molar refractivity (Wildman–Crippen MR) is 100.0 cm³/mol. The van der Waals surface area contributed by atoms with Gasteiger partial charge in [0.05, 0.1) is 12.2 Å². The lowest BCUT2D eigenvalue weighted by Gasteiger charge is -2.10. The van der Waals surface area contributed by atoms with E-state index >= 15 is 0 Å². The number of aliphatic imine (C=N–C) groups is 1. The Balaban J connectivity index is 0.00000176. The third-order valence-electron chi connectivity index (χ3n) is 3.39. The van der Waals surface area contributed by atoms with Gasteiger partial charge in [0.1, 0.15) is 0 Å². The number of nitrogens with one attached hydrogen (secondary N) is 2. The van der Waals surface area contributed by atoms with Gasteiger partial charge in [0.25, 0.3) is 0 Å². The van der Waals surface area contributed by atoms with Gasteiger partial charge >= 0.3 is 0 Å². The molecule has 5 nitrogen and oxygen atoms in total. The summed E-state index contributed by atoms with van der Waals surface area (Å²) in [7, 11) is 0. The largest absolute Gasteiger partial charge is 0.357 e. The molecular weight excluding hydrogens is 389 g/mol. The molecule has 6 heteroatoms. The molecule has 1 heterocycles. The van der Waals surface area contributed by atoms with Crippen LogP contribution in [0.25, 0.3) is 5.69 Å². The SMILES string of the molecule is CCNC(=NCc1ccc(-n2cccn2)cc1)NC1CC1.I. The minimum atomic E-state index is 0. The first-order valence-electron chi connectivity index (χ1n) is 7.49. The van der Waals surface area contributed by atoms with E-state index in [0.717, 1.165) is 18.2 Å². The molecule has 1 aliphatic carbocycles. The van der Waals surface area contributed by atoms with E-state index in [1.807, 2.05) is 16.9 Å². The van der Waals surface area contributed by atoms with E-state index in [4.69, 9.17) is 0 Å². The van der Waals surface area contributed by atoms with Crippen LogP contribution >= 0.6 is 24.0 Å². The van der Waals surface area contributed by atoms with E-state index in [9.17, 15) is 0 Å². The zero-order chi connectivity index (χ0) is 14.5. The van der Waals surface area contributed by atoms with E-state index in [2.05, 4.69) is 51.9 Å². The van der Waals surface area contributed by atoms with Crippen LogP contribution in [0.5, 0.6) is 0 Å². The van der Waals surface area contributed by atoms with Crippen LogP contribution in [0.3, 0.4) is 0 Å². The van der Waals surface area contributed by atoms with Crippen molar-refractivity contribution in [3.8, 4) is 5.69 Å². The lowest BCUT2D eigenvalue weighted by atomic mass is 10.2. The summed E-state index contributed by atoms with van der Waals surface area (Å²) >= 11 is 0. The van der Waals surface area contributed by atoms with Crippen LogP contribution in [0.15, 0.2) is 47.7 Å². The summed E-state index contributed by atoms with van der Waals surface area (Å²) in [5, 5.41) is 10.9. The summed E-state index contributed by atoms with van der Waals surface area (Å²) in [4.78, 5) is 4.63. The highest BCUT2D eigenvalue weighted by Crippen LogP contribution is 2.18. The lowest BCUT2D eigenvalue weighted by Crippen LogP contribution is -2.38. The molecule has 0 atom stereocenters. The number of nitrogens with zero attached hydrogens (tertiary/aromatic N) is 3. The van der Waals surface area contributed by atoms with Crippen LogP contribution in [-0.4, -0.2) is 28.3 Å². The Morgan fingerprint density at radius 3 is 2.68 bits per heavy atom. The van der Waals surface area contributed by atoms with Crippen LogP contribution in [0.2, 0.25) is 0 Å². The molecule has 3 rings (SSSR count). The van der Waals surface area contributed by atoms with E-state index in [1.54, 1.807) is 6.20 Å². The number of guanidine groups is 1. The number of hydrogen-bond acceptors (Lipinski definition) is 2. The van der Waals surface area contributed by atoms with E-state index < -0.39 is 0 Å². The predicted octanol–water partition coefficient (Wildman–Crippen LogP) is 2.71. The summed E-state index contributed by atoms with van der Waals surface area (Å²) in [6.07, 6.45) is 6.23. The van der Waals surface area contributed by atoms with Gasteiger partial charge in [-0.25, -0.2) is 9.67 Å². The highest BCUT2D eigenvalue weighted by molar-refractivity contribution is 14.0. The summed E-state index contributed by atoms with van der Waals surface area (Å²) in [6.45, 7) is 3.65. The minimum Gasteiger partial charge on any atom is -0.357 e. The van der Waals surface area contributed by atoms with Crippen molar-refractivity contribution in [1.29, 1.82) is 0 Å². The third-order valence-corrected chi connectivity index (χ3v) is 3.39. The lowest BCUT2D eigenvalue weighted by molar-refractivity contribution is 0.812. The molecule has 0 spiro atoms. The molecule has 0 unspecified atom stereocenters. The molecule has 0 aliphatic heterocycles. The van der Waals surface area contributed by atoms with Gasteiger partial charge in [-0.2, -0.15) is 5.10 Å². The number of benzene rings is 1. The van der Waals surface area contributed by atoms with Gasteiger partial charge in [0.2, 0.25) is 0 Å². The van der Waals surface area contributed by atoms with E-state index in [-0.39, 0.29) is 24.0 Å². The summed E-state index contributed by atoms with van der Waals surface area (Å²) < 4.78 is 1.85. The standard InChI is InChI=1S/C16H21N5.HI/c1-2-17-16(20-14-6-7-14)18-12-13-4-8-15(9-5-13)21-11-3-10-19-21;/h3-5,8-11,14H,2,6-7,12H2,1H3,(H2,17,18,20);1H. The third kappa shape index (κ3) is 4.72. The zero-order valence-corrected chi connectivity index (χ0v) is 15.0. The highest BCUT2D eigenvalue weighted by atomic mass is 127. The summed E-state index contributed by atoms with van der Waals surface area (Å²) in [5.74, 6) is 0.913. The molecule has 0 saturated heterocycles. The van der Waals surface area contributed by atoms with Crippen LogP contribution in [0.4, 0.5) is 0 Å². The Labute approximate surface area is 148 Å². The van der Waals surface area contributed by atoms with Crippen LogP contribution < -0.4 is 10.6 Å². The van der Waals surface area contributed by atoms with Gasteiger partial charge in [-0.15, -0.1) is 24.0 Å². The average Bonchev–Trinajstić information content (AvgIpc) is 3.16. The van der Waals surface area contributed by atoms with Crippen molar-refractivity contribution >= 4 is 29.9 Å². The molecule has 1 fully saturated rings. The molecule has 0 bridgehead atoms. The summed E-state index contributed by atoms with van der Waals surface area (Å²) in [6, 6.07) is 10.9. The van der Waals surface area contributed by atoms with Crippen molar-refractivity contribution in [3.63, 3.8) is 0 Å². The molecule has 22 heavy (non-hydrogen) atoms. The van der Waals surface area contributed by atoms with Gasteiger partial charge in [-0.3, -0.25) is 0 Å². The molecule has 0 radical (unpaired) electrons. The molecule has 2 N–H and O–H groups in total. The average molecular weight is 411 g/mol. The van der Waals surface area contributed by atoms with Crippen LogP contribution in [0, 0.1) is 0 Å². The topological polar surface area (TPSA) is 54.2 Å². The second-order valence-electron chi connectivity index (χ2n) is 5.23. The maximum atomic E-state index is 4.63. The zero-order valence-electron chi connectivity index (χ0n) is 12.7. The number of hydrogen-bond donors (Lipinski definition) is 2. The van der Waals surface area contributed by atoms with Gasteiger partial charge in [-0.1, -0.05) is 12.1 Å². The maximum Gasteiger partial charge on any atom is 0.191 e. The van der Waals surface area contributed by atoms with E-state index in [1.165, 1.54) is 18.4 Å². The van der Waals surface area contributed by atoms with Gasteiger partial charge in [-0.05, 0) is 43.5 Å². The Hall–Kier alpha value is -1.57. The number of halogens is 1. The molecular formula is C16H22IN5. The number of aromatic nitrogens is 2. The normalized spacial score (nSPS) is 14.3. The molecule has 1 aromatic heterocycles. The monoisotopic (exact) mass is 411 g/mol. The van der Waals surface area contributed by atoms with Crippen molar-refractivity contribution < 1.29 is 0 Å². The first-order chi connectivity index (χ1) is 10.3.